The largest absolute Gasteiger partial charge is 0.349 e. The van der Waals surface area contributed by atoms with Gasteiger partial charge in [0.1, 0.15) is 5.82 Å². The van der Waals surface area contributed by atoms with Gasteiger partial charge in [-0.3, -0.25) is 4.79 Å². The van der Waals surface area contributed by atoms with Crippen molar-refractivity contribution >= 4 is 11.9 Å². The molecule has 0 unspecified atom stereocenters. The molecule has 8 heteroatoms. The molecule has 1 saturated heterocycles. The van der Waals surface area contributed by atoms with E-state index in [0.29, 0.717) is 13.1 Å². The van der Waals surface area contributed by atoms with Gasteiger partial charge in [-0.15, -0.1) is 0 Å². The summed E-state index contributed by atoms with van der Waals surface area (Å²) in [6.07, 6.45) is 0. The molecule has 0 bridgehead atoms. The molecule has 1 heterocycles. The van der Waals surface area contributed by atoms with Crippen molar-refractivity contribution in [3.8, 4) is 0 Å². The van der Waals surface area contributed by atoms with E-state index < -0.39 is 23.2 Å². The molecule has 114 valence electrons. The molecule has 0 radical (unpaired) electrons. The highest BCUT2D eigenvalue weighted by Crippen LogP contribution is 2.28. The van der Waals surface area contributed by atoms with E-state index >= 15 is 0 Å². The van der Waals surface area contributed by atoms with E-state index in [0.717, 1.165) is 24.3 Å². The Hall–Kier alpha value is -2.25. The lowest BCUT2D eigenvalue weighted by molar-refractivity contribution is -0.147. The highest BCUT2D eigenvalue weighted by molar-refractivity contribution is 5.84. The maximum Gasteiger partial charge on any atom is 0.349 e. The van der Waals surface area contributed by atoms with Gasteiger partial charge >= 0.3 is 12.0 Å². The van der Waals surface area contributed by atoms with Crippen molar-refractivity contribution in [2.45, 2.75) is 5.92 Å². The number of nitrogens with one attached hydrogen (secondary N) is 2. The lowest BCUT2D eigenvalue weighted by Gasteiger charge is -2.18. The van der Waals surface area contributed by atoms with Crippen molar-refractivity contribution in [1.29, 1.82) is 0 Å². The number of hydrogen-bond acceptors (Lipinski definition) is 2. The van der Waals surface area contributed by atoms with Crippen LogP contribution in [0, 0.1) is 5.82 Å². The second-order valence-corrected chi connectivity index (χ2v) is 4.56. The Morgan fingerprint density at radius 1 is 1.33 bits per heavy atom. The van der Waals surface area contributed by atoms with Crippen LogP contribution in [0.25, 0.3) is 0 Å². The molecule has 1 aromatic rings. The Morgan fingerprint density at radius 3 is 2.57 bits per heavy atom. The molecule has 2 rings (SSSR count). The summed E-state index contributed by atoms with van der Waals surface area (Å²) in [4.78, 5) is 24.2. The Kier molecular flexibility index (Phi) is 4.35. The summed E-state index contributed by atoms with van der Waals surface area (Å²) in [5.74, 6) is -5.88. The van der Waals surface area contributed by atoms with E-state index in [1.807, 2.05) is 0 Å². The van der Waals surface area contributed by atoms with Crippen molar-refractivity contribution in [2.24, 2.45) is 0 Å². The average molecular weight is 301 g/mol. The number of halogens is 3. The SMILES string of the molecule is O=C1NCCN1CCNC(=O)C(F)(F)c1ccc(F)cc1. The maximum atomic E-state index is 13.8. The standard InChI is InChI=1S/C13H14F3N3O2/c14-10-3-1-9(2-4-10)13(15,16)11(20)17-5-7-19-8-6-18-12(19)21/h1-4H,5-8H2,(H,17,20)(H,18,21). The molecule has 0 aromatic heterocycles. The quantitative estimate of drug-likeness (QED) is 0.854. The molecule has 1 fully saturated rings. The third kappa shape index (κ3) is 3.45. The average Bonchev–Trinajstić information content (AvgIpc) is 2.85. The number of amides is 3. The summed E-state index contributed by atoms with van der Waals surface area (Å²) in [5.41, 5.74) is -0.583. The van der Waals surface area contributed by atoms with E-state index in [9.17, 15) is 22.8 Å². The molecule has 0 atom stereocenters. The fourth-order valence-electron chi connectivity index (χ4n) is 1.93. The van der Waals surface area contributed by atoms with Crippen LogP contribution in [-0.2, 0) is 10.7 Å². The first kappa shape index (κ1) is 15.1. The highest BCUT2D eigenvalue weighted by Gasteiger charge is 2.40. The van der Waals surface area contributed by atoms with Crippen LogP contribution in [-0.4, -0.2) is 43.0 Å². The molecule has 0 saturated carbocycles. The molecule has 5 nitrogen and oxygen atoms in total. The van der Waals surface area contributed by atoms with E-state index in [2.05, 4.69) is 10.6 Å². The van der Waals surface area contributed by atoms with Crippen molar-refractivity contribution in [3.63, 3.8) is 0 Å². The van der Waals surface area contributed by atoms with Gasteiger partial charge in [0.15, 0.2) is 0 Å². The Balaban J connectivity index is 1.89. The number of hydrogen-bond donors (Lipinski definition) is 2. The predicted octanol–water partition coefficient (Wildman–Crippen LogP) is 1.06. The van der Waals surface area contributed by atoms with Crippen LogP contribution in [0.15, 0.2) is 24.3 Å². The van der Waals surface area contributed by atoms with Gasteiger partial charge in [-0.1, -0.05) is 0 Å². The van der Waals surface area contributed by atoms with Gasteiger partial charge in [0.05, 0.1) is 0 Å². The summed E-state index contributed by atoms with van der Waals surface area (Å²) in [6.45, 7) is 1.04. The Morgan fingerprint density at radius 2 is 2.00 bits per heavy atom. The monoisotopic (exact) mass is 301 g/mol. The Labute approximate surface area is 119 Å². The Bertz CT molecular complexity index is 534. The van der Waals surface area contributed by atoms with Gasteiger partial charge in [-0.2, -0.15) is 8.78 Å². The number of benzene rings is 1. The minimum atomic E-state index is -3.75. The second-order valence-electron chi connectivity index (χ2n) is 4.56. The van der Waals surface area contributed by atoms with Crippen LogP contribution >= 0.6 is 0 Å². The summed E-state index contributed by atoms with van der Waals surface area (Å²) >= 11 is 0. The number of carbonyl (C=O) groups is 2. The zero-order valence-corrected chi connectivity index (χ0v) is 11.0. The second kappa shape index (κ2) is 6.02. The van der Waals surface area contributed by atoms with Gasteiger partial charge in [0, 0.05) is 31.7 Å². The fraction of sp³-hybridized carbons (Fsp3) is 0.385. The first-order chi connectivity index (χ1) is 9.91. The molecule has 3 amide bonds. The summed E-state index contributed by atoms with van der Waals surface area (Å²) < 4.78 is 40.4. The van der Waals surface area contributed by atoms with E-state index in [-0.39, 0.29) is 19.1 Å². The van der Waals surface area contributed by atoms with Crippen LogP contribution < -0.4 is 10.6 Å². The molecule has 0 spiro atoms. The minimum Gasteiger partial charge on any atom is -0.349 e. The number of urea groups is 1. The molecule has 0 aliphatic carbocycles. The molecular weight excluding hydrogens is 287 g/mol. The normalized spacial score (nSPS) is 15.0. The molecular formula is C13H14F3N3O2. The first-order valence-corrected chi connectivity index (χ1v) is 6.36. The number of carbonyl (C=O) groups excluding carboxylic acids is 2. The van der Waals surface area contributed by atoms with Gasteiger partial charge in [-0.05, 0) is 24.3 Å². The van der Waals surface area contributed by atoms with Crippen molar-refractivity contribution in [2.75, 3.05) is 26.2 Å². The van der Waals surface area contributed by atoms with Crippen LogP contribution in [0.4, 0.5) is 18.0 Å². The van der Waals surface area contributed by atoms with E-state index in [4.69, 9.17) is 0 Å². The van der Waals surface area contributed by atoms with E-state index in [1.54, 1.807) is 0 Å². The third-order valence-electron chi connectivity index (χ3n) is 3.10. The van der Waals surface area contributed by atoms with Gasteiger partial charge in [0.25, 0.3) is 5.91 Å². The number of rotatable bonds is 5. The smallest absolute Gasteiger partial charge is 0.349 e. The maximum absolute atomic E-state index is 13.8. The van der Waals surface area contributed by atoms with Gasteiger partial charge in [0.2, 0.25) is 0 Å². The van der Waals surface area contributed by atoms with Crippen LogP contribution in [0.3, 0.4) is 0 Å². The molecule has 1 aliphatic heterocycles. The first-order valence-electron chi connectivity index (χ1n) is 6.36. The molecule has 1 aromatic carbocycles. The van der Waals surface area contributed by atoms with Gasteiger partial charge in [-0.25, -0.2) is 9.18 Å². The fourth-order valence-corrected chi connectivity index (χ4v) is 1.93. The molecule has 2 N–H and O–H groups in total. The lowest BCUT2D eigenvalue weighted by Crippen LogP contribution is -2.42. The lowest BCUT2D eigenvalue weighted by atomic mass is 10.1. The van der Waals surface area contributed by atoms with Crippen LogP contribution in [0.5, 0.6) is 0 Å². The van der Waals surface area contributed by atoms with Crippen molar-refractivity contribution in [3.05, 3.63) is 35.6 Å². The summed E-state index contributed by atoms with van der Waals surface area (Å²) in [5, 5.41) is 4.64. The highest BCUT2D eigenvalue weighted by atomic mass is 19.3. The van der Waals surface area contributed by atoms with Gasteiger partial charge < -0.3 is 15.5 Å². The number of alkyl halides is 2. The van der Waals surface area contributed by atoms with Crippen molar-refractivity contribution in [1.82, 2.24) is 15.5 Å². The van der Waals surface area contributed by atoms with Crippen LogP contribution in [0.2, 0.25) is 0 Å². The zero-order valence-electron chi connectivity index (χ0n) is 11.0. The molecule has 1 aliphatic rings. The van der Waals surface area contributed by atoms with Crippen molar-refractivity contribution < 1.29 is 22.8 Å². The predicted molar refractivity (Wildman–Crippen MR) is 68.3 cm³/mol. The molecule has 21 heavy (non-hydrogen) atoms. The summed E-state index contributed by atoms with van der Waals surface area (Å²) in [6, 6.07) is 3.18. The van der Waals surface area contributed by atoms with Crippen LogP contribution in [0.1, 0.15) is 5.56 Å². The topological polar surface area (TPSA) is 61.4 Å². The minimum absolute atomic E-state index is 0.0803. The van der Waals surface area contributed by atoms with E-state index in [1.165, 1.54) is 4.90 Å². The zero-order chi connectivity index (χ0) is 15.5. The summed E-state index contributed by atoms with van der Waals surface area (Å²) in [7, 11) is 0. The number of nitrogens with zero attached hydrogens (tertiary/aromatic N) is 1. The third-order valence-corrected chi connectivity index (χ3v) is 3.10.